The molecule has 29 heavy (non-hydrogen) atoms. The minimum Gasteiger partial charge on any atom is -0.478 e. The summed E-state index contributed by atoms with van der Waals surface area (Å²) in [5, 5.41) is 24.3. The van der Waals surface area contributed by atoms with Crippen molar-refractivity contribution in [2.45, 2.75) is 12.8 Å². The molecule has 1 aromatic heterocycles. The second-order valence-electron chi connectivity index (χ2n) is 6.51. The van der Waals surface area contributed by atoms with Crippen LogP contribution in [0.3, 0.4) is 0 Å². The van der Waals surface area contributed by atoms with E-state index in [1.54, 1.807) is 23.6 Å². The first-order valence-corrected chi connectivity index (χ1v) is 9.95. The van der Waals surface area contributed by atoms with Gasteiger partial charge in [-0.05, 0) is 25.6 Å². The third kappa shape index (κ3) is 4.86. The molecule has 1 amide bonds. The Morgan fingerprint density at radius 1 is 1.24 bits per heavy atom. The Balaban J connectivity index is 1.63. The number of guanidine groups is 1. The lowest BCUT2D eigenvalue weighted by Crippen LogP contribution is -2.73. The number of benzene rings is 1. The lowest BCUT2D eigenvalue weighted by Gasteiger charge is -2.31. The Kier molecular flexibility index (Phi) is 6.70. The van der Waals surface area contributed by atoms with E-state index in [4.69, 9.17) is 5.11 Å². The molecule has 2 aromatic rings. The van der Waals surface area contributed by atoms with Crippen molar-refractivity contribution in [1.29, 1.82) is 0 Å². The molecule has 0 bridgehead atoms. The summed E-state index contributed by atoms with van der Waals surface area (Å²) in [5.74, 6) is -1.04. The van der Waals surface area contributed by atoms with Gasteiger partial charge in [0.15, 0.2) is 5.69 Å². The van der Waals surface area contributed by atoms with Gasteiger partial charge < -0.3 is 15.3 Å². The standard InChI is InChI=1S/C19H21N5O4S/c1-20-19(22-14-4-2-3-5-15(14)23-28)24-8-6-12(7-9-24)17(25)21-16-11-29-10-13(16)18(26)27/h2-5,10-12,23,28H,1,6-9H2,(H,21,25)(H,26,27)/p+1. The highest BCUT2D eigenvalue weighted by molar-refractivity contribution is 7.08. The maximum absolute atomic E-state index is 12.5. The molecule has 9 nitrogen and oxygen atoms in total. The molecule has 2 heterocycles. The number of piperidine rings is 1. The van der Waals surface area contributed by atoms with Crippen LogP contribution < -0.4 is 10.8 Å². The van der Waals surface area contributed by atoms with Gasteiger partial charge in [0.1, 0.15) is 5.69 Å². The number of likely N-dealkylation sites (tertiary alicyclic amines) is 1. The number of carboxylic acid groups (broad SMARTS) is 1. The number of quaternary nitrogens is 1. The van der Waals surface area contributed by atoms with Crippen LogP contribution in [0.15, 0.2) is 45.0 Å². The van der Waals surface area contributed by atoms with E-state index in [1.807, 2.05) is 11.0 Å². The third-order valence-corrected chi connectivity index (χ3v) is 5.48. The lowest BCUT2D eigenvalue weighted by atomic mass is 9.96. The predicted octanol–water partition coefficient (Wildman–Crippen LogP) is 2.07. The largest absolute Gasteiger partial charge is 0.478 e. The molecule has 5 N–H and O–H groups in total. The fourth-order valence-electron chi connectivity index (χ4n) is 3.15. The number of hydrogen-bond donors (Lipinski definition) is 4. The van der Waals surface area contributed by atoms with Gasteiger partial charge in [0.05, 0.1) is 11.3 Å². The summed E-state index contributed by atoms with van der Waals surface area (Å²) in [6, 6.07) is 7.13. The molecule has 1 aliphatic heterocycles. The molecule has 0 spiro atoms. The van der Waals surface area contributed by atoms with Gasteiger partial charge in [-0.3, -0.25) is 4.79 Å². The van der Waals surface area contributed by atoms with Crippen LogP contribution in [-0.2, 0) is 4.79 Å². The summed E-state index contributed by atoms with van der Waals surface area (Å²) < 4.78 is 0. The topological polar surface area (TPSA) is 131 Å². The fourth-order valence-corrected chi connectivity index (χ4v) is 3.90. The van der Waals surface area contributed by atoms with Gasteiger partial charge in [-0.2, -0.15) is 5.48 Å². The van der Waals surface area contributed by atoms with Gasteiger partial charge in [-0.1, -0.05) is 12.1 Å². The summed E-state index contributed by atoms with van der Waals surface area (Å²) in [6.07, 6.45) is 1.17. The second kappa shape index (κ2) is 9.41. The Morgan fingerprint density at radius 3 is 2.62 bits per heavy atom. The summed E-state index contributed by atoms with van der Waals surface area (Å²) in [6.45, 7) is 4.72. The number of carbonyl (C=O) groups is 2. The van der Waals surface area contributed by atoms with Crippen molar-refractivity contribution in [2.75, 3.05) is 18.4 Å². The van der Waals surface area contributed by atoms with Crippen LogP contribution in [-0.4, -0.2) is 52.9 Å². The molecular weight excluding hydrogens is 394 g/mol. The van der Waals surface area contributed by atoms with Crippen molar-refractivity contribution in [3.63, 3.8) is 0 Å². The summed E-state index contributed by atoms with van der Waals surface area (Å²) in [4.78, 5) is 34.2. The maximum atomic E-state index is 12.5. The van der Waals surface area contributed by atoms with Crippen LogP contribution in [0, 0.1) is 5.92 Å². The molecule has 0 radical (unpaired) electrons. The van der Waals surface area contributed by atoms with E-state index in [2.05, 4.69) is 22.0 Å². The first kappa shape index (κ1) is 20.6. The van der Waals surface area contributed by atoms with Gasteiger partial charge in [0, 0.05) is 35.8 Å². The van der Waals surface area contributed by atoms with Gasteiger partial charge in [0.25, 0.3) is 0 Å². The molecule has 10 heteroatoms. The molecule has 0 unspecified atom stereocenters. The van der Waals surface area contributed by atoms with Crippen molar-refractivity contribution in [2.24, 2.45) is 15.9 Å². The third-order valence-electron chi connectivity index (χ3n) is 4.74. The number of nitrogens with one attached hydrogen (secondary N) is 1. The summed E-state index contributed by atoms with van der Waals surface area (Å²) in [5.41, 5.74) is 2.59. The number of carboxylic acids is 1. The number of aromatic carboxylic acids is 1. The van der Waals surface area contributed by atoms with E-state index in [0.29, 0.717) is 49.0 Å². The first-order chi connectivity index (χ1) is 14.0. The molecule has 0 atom stereocenters. The SMILES string of the molecule is C=NC(=Nc1ccccc1[NH2+]O)N1CCC(C(=O)Nc2cscc2C(=O)O)CC1. The van der Waals surface area contributed by atoms with Crippen molar-refractivity contribution in [3.05, 3.63) is 40.6 Å². The fraction of sp³-hybridized carbons (Fsp3) is 0.263. The number of nitrogens with zero attached hydrogens (tertiary/aromatic N) is 3. The monoisotopic (exact) mass is 416 g/mol. The number of thiophene rings is 1. The molecule has 3 rings (SSSR count). The van der Waals surface area contributed by atoms with E-state index in [9.17, 15) is 14.8 Å². The van der Waals surface area contributed by atoms with Crippen molar-refractivity contribution in [3.8, 4) is 0 Å². The quantitative estimate of drug-likeness (QED) is 0.256. The number of carbonyl (C=O) groups excluding carboxylic acids is 1. The van der Waals surface area contributed by atoms with E-state index in [0.717, 1.165) is 5.48 Å². The number of anilines is 1. The zero-order valence-corrected chi connectivity index (χ0v) is 16.4. The molecule has 1 aromatic carbocycles. The zero-order chi connectivity index (χ0) is 20.8. The first-order valence-electron chi connectivity index (χ1n) is 9.00. The smallest absolute Gasteiger partial charge is 0.338 e. The van der Waals surface area contributed by atoms with E-state index in [-0.39, 0.29) is 17.4 Å². The molecule has 0 aliphatic carbocycles. The highest BCUT2D eigenvalue weighted by Gasteiger charge is 2.27. The van der Waals surface area contributed by atoms with Crippen LogP contribution >= 0.6 is 11.3 Å². The van der Waals surface area contributed by atoms with Gasteiger partial charge >= 0.3 is 5.97 Å². The molecular formula is C19H22N5O4S+. The van der Waals surface area contributed by atoms with Crippen molar-refractivity contribution < 1.29 is 25.4 Å². The molecule has 1 saturated heterocycles. The van der Waals surface area contributed by atoms with Crippen molar-refractivity contribution in [1.82, 2.24) is 4.90 Å². The number of hydrogen-bond acceptors (Lipinski definition) is 5. The van der Waals surface area contributed by atoms with Gasteiger partial charge in [-0.25, -0.2) is 20.0 Å². The number of aliphatic imine (C=N–C) groups is 2. The Labute approximate surface area is 171 Å². The molecule has 1 aliphatic rings. The van der Waals surface area contributed by atoms with E-state index >= 15 is 0 Å². The maximum Gasteiger partial charge on any atom is 0.338 e. The van der Waals surface area contributed by atoms with Crippen LogP contribution in [0.25, 0.3) is 0 Å². The molecule has 1 fully saturated rings. The zero-order valence-electron chi connectivity index (χ0n) is 15.6. The van der Waals surface area contributed by atoms with Gasteiger partial charge in [-0.15, -0.1) is 11.3 Å². The van der Waals surface area contributed by atoms with Crippen LogP contribution in [0.5, 0.6) is 0 Å². The highest BCUT2D eigenvalue weighted by Crippen LogP contribution is 2.26. The van der Waals surface area contributed by atoms with Crippen LogP contribution in [0.2, 0.25) is 0 Å². The van der Waals surface area contributed by atoms with E-state index < -0.39 is 5.97 Å². The summed E-state index contributed by atoms with van der Waals surface area (Å²) >= 11 is 1.24. The average molecular weight is 416 g/mol. The Hall–Kier alpha value is -3.08. The highest BCUT2D eigenvalue weighted by atomic mass is 32.1. The Morgan fingerprint density at radius 2 is 1.97 bits per heavy atom. The van der Waals surface area contributed by atoms with Crippen molar-refractivity contribution >= 4 is 53.0 Å². The molecule has 0 saturated carbocycles. The van der Waals surface area contributed by atoms with Crippen LogP contribution in [0.1, 0.15) is 23.2 Å². The van der Waals surface area contributed by atoms with Gasteiger partial charge in [0.2, 0.25) is 11.9 Å². The summed E-state index contributed by atoms with van der Waals surface area (Å²) in [7, 11) is 0. The number of rotatable bonds is 5. The number of amides is 1. The minimum absolute atomic E-state index is 0.102. The normalized spacial score (nSPS) is 15.2. The minimum atomic E-state index is -1.06. The molecule has 152 valence electrons. The average Bonchev–Trinajstić information content (AvgIpc) is 3.21. The Bertz CT molecular complexity index is 934. The van der Waals surface area contributed by atoms with E-state index in [1.165, 1.54) is 16.7 Å². The lowest BCUT2D eigenvalue weighted by molar-refractivity contribution is -0.825. The number of nitrogens with two attached hydrogens (primary N) is 1. The number of para-hydroxylation sites is 2. The second-order valence-corrected chi connectivity index (χ2v) is 7.26. The van der Waals surface area contributed by atoms with Crippen LogP contribution in [0.4, 0.5) is 17.1 Å². The predicted molar refractivity (Wildman–Crippen MR) is 111 cm³/mol.